The average molecular weight is 273 g/mol. The molecule has 2 aromatic rings. The Labute approximate surface area is 118 Å². The van der Waals surface area contributed by atoms with Gasteiger partial charge in [0.25, 0.3) is 5.91 Å². The fraction of sp³-hybridized carbons (Fsp3) is 0.357. The SMILES string of the molecule is Cc1nn(C)c(C(=O)N(C)C(C)c2ccncc2)c1N. The summed E-state index contributed by atoms with van der Waals surface area (Å²) in [6.07, 6.45) is 3.43. The molecule has 0 aliphatic rings. The van der Waals surface area contributed by atoms with Crippen LogP contribution in [0.25, 0.3) is 0 Å². The predicted molar refractivity (Wildman–Crippen MR) is 77.1 cm³/mol. The lowest BCUT2D eigenvalue weighted by molar-refractivity contribution is 0.0732. The van der Waals surface area contributed by atoms with Crippen molar-refractivity contribution in [3.63, 3.8) is 0 Å². The van der Waals surface area contributed by atoms with Crippen molar-refractivity contribution in [1.29, 1.82) is 0 Å². The van der Waals surface area contributed by atoms with Crippen molar-refractivity contribution < 1.29 is 4.79 Å². The summed E-state index contributed by atoms with van der Waals surface area (Å²) in [6, 6.07) is 3.72. The van der Waals surface area contributed by atoms with Crippen LogP contribution in [0, 0.1) is 6.92 Å². The molecule has 6 nitrogen and oxygen atoms in total. The van der Waals surface area contributed by atoms with Crippen molar-refractivity contribution in [2.75, 3.05) is 12.8 Å². The second-order valence-corrected chi connectivity index (χ2v) is 4.84. The first-order valence-electron chi connectivity index (χ1n) is 6.39. The Morgan fingerprint density at radius 1 is 1.40 bits per heavy atom. The maximum Gasteiger partial charge on any atom is 0.274 e. The highest BCUT2D eigenvalue weighted by molar-refractivity contribution is 5.98. The summed E-state index contributed by atoms with van der Waals surface area (Å²) in [7, 11) is 3.48. The van der Waals surface area contributed by atoms with Gasteiger partial charge < -0.3 is 10.6 Å². The Morgan fingerprint density at radius 2 is 2.00 bits per heavy atom. The van der Waals surface area contributed by atoms with Crippen molar-refractivity contribution in [2.45, 2.75) is 19.9 Å². The molecule has 0 aromatic carbocycles. The van der Waals surface area contributed by atoms with Gasteiger partial charge in [0, 0.05) is 26.5 Å². The molecule has 0 bridgehead atoms. The van der Waals surface area contributed by atoms with Gasteiger partial charge in [-0.05, 0) is 31.5 Å². The minimum absolute atomic E-state index is 0.0693. The van der Waals surface area contributed by atoms with Crippen molar-refractivity contribution in [2.24, 2.45) is 7.05 Å². The van der Waals surface area contributed by atoms with Crippen LogP contribution in [0.1, 0.15) is 34.7 Å². The standard InChI is InChI=1S/C14H19N5O/c1-9-12(15)13(19(4)17-9)14(20)18(3)10(2)11-5-7-16-8-6-11/h5-8,10H,15H2,1-4H3. The molecule has 0 aliphatic carbocycles. The molecule has 20 heavy (non-hydrogen) atoms. The molecule has 1 atom stereocenters. The monoisotopic (exact) mass is 273 g/mol. The van der Waals surface area contributed by atoms with Gasteiger partial charge in [-0.3, -0.25) is 14.5 Å². The zero-order valence-corrected chi connectivity index (χ0v) is 12.2. The van der Waals surface area contributed by atoms with Crippen LogP contribution in [0.4, 0.5) is 5.69 Å². The van der Waals surface area contributed by atoms with E-state index in [2.05, 4.69) is 10.1 Å². The second-order valence-electron chi connectivity index (χ2n) is 4.84. The van der Waals surface area contributed by atoms with Gasteiger partial charge in [0.1, 0.15) is 5.69 Å². The summed E-state index contributed by atoms with van der Waals surface area (Å²) in [6.45, 7) is 3.76. The van der Waals surface area contributed by atoms with E-state index in [-0.39, 0.29) is 11.9 Å². The Hall–Kier alpha value is -2.37. The van der Waals surface area contributed by atoms with Gasteiger partial charge in [0.05, 0.1) is 17.4 Å². The van der Waals surface area contributed by atoms with E-state index >= 15 is 0 Å². The Morgan fingerprint density at radius 3 is 2.50 bits per heavy atom. The van der Waals surface area contributed by atoms with E-state index in [4.69, 9.17) is 5.73 Å². The predicted octanol–water partition coefficient (Wildman–Crippen LogP) is 1.54. The minimum Gasteiger partial charge on any atom is -0.395 e. The number of pyridine rings is 1. The van der Waals surface area contributed by atoms with Crippen LogP contribution in [0.2, 0.25) is 0 Å². The number of amides is 1. The van der Waals surface area contributed by atoms with Crippen molar-refractivity contribution in [3.05, 3.63) is 41.5 Å². The highest BCUT2D eigenvalue weighted by Crippen LogP contribution is 2.23. The number of rotatable bonds is 3. The molecule has 0 aliphatic heterocycles. The molecule has 1 amide bonds. The lowest BCUT2D eigenvalue weighted by atomic mass is 10.1. The van der Waals surface area contributed by atoms with E-state index in [0.717, 1.165) is 5.56 Å². The van der Waals surface area contributed by atoms with Gasteiger partial charge >= 0.3 is 0 Å². The quantitative estimate of drug-likeness (QED) is 0.920. The van der Waals surface area contributed by atoms with Crippen molar-refractivity contribution in [3.8, 4) is 0 Å². The third kappa shape index (κ3) is 2.36. The second kappa shape index (κ2) is 5.32. The largest absolute Gasteiger partial charge is 0.395 e. The number of carbonyl (C=O) groups excluding carboxylic acids is 1. The Balaban J connectivity index is 2.29. The molecule has 0 radical (unpaired) electrons. The number of nitrogen functional groups attached to an aromatic ring is 1. The summed E-state index contributed by atoms with van der Waals surface area (Å²) in [5.74, 6) is -0.144. The van der Waals surface area contributed by atoms with E-state index in [1.807, 2.05) is 19.1 Å². The van der Waals surface area contributed by atoms with Crippen LogP contribution in [-0.4, -0.2) is 32.6 Å². The van der Waals surface area contributed by atoms with E-state index in [9.17, 15) is 4.79 Å². The third-order valence-electron chi connectivity index (χ3n) is 3.56. The van der Waals surface area contributed by atoms with Crippen molar-refractivity contribution in [1.82, 2.24) is 19.7 Å². The average Bonchev–Trinajstić information content (AvgIpc) is 2.71. The zero-order chi connectivity index (χ0) is 14.9. The number of carbonyl (C=O) groups is 1. The van der Waals surface area contributed by atoms with Gasteiger partial charge in [-0.1, -0.05) is 0 Å². The maximum absolute atomic E-state index is 12.6. The molecule has 106 valence electrons. The summed E-state index contributed by atoms with van der Waals surface area (Å²) in [5, 5.41) is 4.18. The van der Waals surface area contributed by atoms with Crippen LogP contribution in [-0.2, 0) is 7.05 Å². The highest BCUT2D eigenvalue weighted by Gasteiger charge is 2.24. The first kappa shape index (κ1) is 14.0. The molecule has 0 spiro atoms. The number of nitrogens with zero attached hydrogens (tertiary/aromatic N) is 4. The first-order chi connectivity index (χ1) is 9.43. The Kier molecular flexibility index (Phi) is 3.74. The molecule has 2 heterocycles. The van der Waals surface area contributed by atoms with Crippen LogP contribution >= 0.6 is 0 Å². The fourth-order valence-corrected chi connectivity index (χ4v) is 2.14. The van der Waals surface area contributed by atoms with Crippen molar-refractivity contribution >= 4 is 11.6 Å². The number of hydrogen-bond acceptors (Lipinski definition) is 4. The number of aromatic nitrogens is 3. The molecule has 2 N–H and O–H groups in total. The highest BCUT2D eigenvalue weighted by atomic mass is 16.2. The molecule has 1 unspecified atom stereocenters. The Bertz CT molecular complexity index is 620. The van der Waals surface area contributed by atoms with Gasteiger partial charge in [-0.2, -0.15) is 5.10 Å². The maximum atomic E-state index is 12.6. The van der Waals surface area contributed by atoms with Crippen LogP contribution < -0.4 is 5.73 Å². The molecule has 0 saturated carbocycles. The molecule has 2 rings (SSSR count). The molecule has 0 saturated heterocycles. The third-order valence-corrected chi connectivity index (χ3v) is 3.56. The van der Waals surface area contributed by atoms with E-state index in [1.54, 1.807) is 38.3 Å². The topological polar surface area (TPSA) is 77.0 Å². The van der Waals surface area contributed by atoms with Gasteiger partial charge in [-0.25, -0.2) is 0 Å². The smallest absolute Gasteiger partial charge is 0.274 e. The van der Waals surface area contributed by atoms with Gasteiger partial charge in [-0.15, -0.1) is 0 Å². The van der Waals surface area contributed by atoms with Gasteiger partial charge in [0.15, 0.2) is 0 Å². The molecular weight excluding hydrogens is 254 g/mol. The van der Waals surface area contributed by atoms with Gasteiger partial charge in [0.2, 0.25) is 0 Å². The molecular formula is C14H19N5O. The number of nitrogens with two attached hydrogens (primary N) is 1. The van der Waals surface area contributed by atoms with E-state index in [1.165, 1.54) is 4.68 Å². The first-order valence-corrected chi connectivity index (χ1v) is 6.39. The zero-order valence-electron chi connectivity index (χ0n) is 12.2. The molecule has 0 fully saturated rings. The summed E-state index contributed by atoms with van der Waals surface area (Å²) in [5.41, 5.74) is 8.49. The van der Waals surface area contributed by atoms with Crippen LogP contribution in [0.3, 0.4) is 0 Å². The summed E-state index contributed by atoms with van der Waals surface area (Å²) >= 11 is 0. The number of aryl methyl sites for hydroxylation is 2. The normalized spacial score (nSPS) is 12.2. The fourth-order valence-electron chi connectivity index (χ4n) is 2.14. The number of anilines is 1. The summed E-state index contributed by atoms with van der Waals surface area (Å²) < 4.78 is 1.53. The lowest BCUT2D eigenvalue weighted by Gasteiger charge is -2.25. The molecule has 6 heteroatoms. The summed E-state index contributed by atoms with van der Waals surface area (Å²) in [4.78, 5) is 18.2. The number of hydrogen-bond donors (Lipinski definition) is 1. The van der Waals surface area contributed by atoms with E-state index in [0.29, 0.717) is 17.1 Å². The lowest BCUT2D eigenvalue weighted by Crippen LogP contribution is -2.31. The molecule has 2 aromatic heterocycles. The van der Waals surface area contributed by atoms with Crippen LogP contribution in [0.15, 0.2) is 24.5 Å². The minimum atomic E-state index is -0.144. The van der Waals surface area contributed by atoms with E-state index < -0.39 is 0 Å². The van der Waals surface area contributed by atoms with Crippen LogP contribution in [0.5, 0.6) is 0 Å².